The molecule has 0 spiro atoms. The van der Waals surface area contributed by atoms with E-state index in [0.29, 0.717) is 6.04 Å². The van der Waals surface area contributed by atoms with Crippen molar-refractivity contribution in [3.63, 3.8) is 0 Å². The summed E-state index contributed by atoms with van der Waals surface area (Å²) in [5, 5.41) is 3.83. The fraction of sp³-hybridized carbons (Fsp3) is 0.818. The summed E-state index contributed by atoms with van der Waals surface area (Å²) in [6.45, 7) is 6.43. The Hall–Kier alpha value is -0.900. The van der Waals surface area contributed by atoms with E-state index in [1.165, 1.54) is 25.8 Å². The topological polar surface area (TPSA) is 42.2 Å². The maximum absolute atomic E-state index is 5.17. The number of aryl methyl sites for hydroxylation is 1. The zero-order valence-electron chi connectivity index (χ0n) is 9.57. The maximum Gasteiger partial charge on any atom is 0.228 e. The number of likely N-dealkylation sites (N-methyl/N-ethyl adjacent to an activating group) is 1. The predicted molar refractivity (Wildman–Crippen MR) is 57.6 cm³/mol. The number of rotatable bonds is 3. The second kappa shape index (κ2) is 4.75. The number of piperidine rings is 1. The molecule has 1 aliphatic rings. The third-order valence-corrected chi connectivity index (χ3v) is 3.14. The zero-order valence-corrected chi connectivity index (χ0v) is 9.57. The molecule has 0 aliphatic carbocycles. The molecule has 4 nitrogen and oxygen atoms in total. The number of aromatic nitrogens is 2. The minimum atomic E-state index is 0.601. The van der Waals surface area contributed by atoms with Gasteiger partial charge in [-0.25, -0.2) is 0 Å². The molecular weight excluding hydrogens is 190 g/mol. The molecule has 84 valence electrons. The lowest BCUT2D eigenvalue weighted by Gasteiger charge is -2.33. The van der Waals surface area contributed by atoms with E-state index in [2.05, 4.69) is 22.0 Å². The molecule has 0 saturated carbocycles. The van der Waals surface area contributed by atoms with Crippen molar-refractivity contribution in [1.82, 2.24) is 15.0 Å². The van der Waals surface area contributed by atoms with E-state index in [9.17, 15) is 0 Å². The fourth-order valence-corrected chi connectivity index (χ4v) is 2.33. The van der Waals surface area contributed by atoms with Crippen LogP contribution in [-0.4, -0.2) is 34.2 Å². The summed E-state index contributed by atoms with van der Waals surface area (Å²) in [6.07, 6.45) is 4.82. The number of hydrogen-bond acceptors (Lipinski definition) is 4. The van der Waals surface area contributed by atoms with Crippen LogP contribution < -0.4 is 0 Å². The molecule has 1 fully saturated rings. The van der Waals surface area contributed by atoms with Crippen LogP contribution in [0.2, 0.25) is 0 Å². The largest absolute Gasteiger partial charge is 0.339 e. The first kappa shape index (κ1) is 10.6. The summed E-state index contributed by atoms with van der Waals surface area (Å²) in [4.78, 5) is 6.79. The smallest absolute Gasteiger partial charge is 0.228 e. The highest BCUT2D eigenvalue weighted by atomic mass is 16.5. The van der Waals surface area contributed by atoms with Crippen molar-refractivity contribution in [1.29, 1.82) is 0 Å². The summed E-state index contributed by atoms with van der Waals surface area (Å²) < 4.78 is 5.17. The minimum absolute atomic E-state index is 0.601. The Balaban J connectivity index is 1.97. The van der Waals surface area contributed by atoms with E-state index >= 15 is 0 Å². The standard InChI is InChI=1S/C11H19N3O/c1-3-14-7-5-4-6-10(14)8-11-12-9(2)13-15-11/h10H,3-8H2,1-2H3. The first-order valence-electron chi connectivity index (χ1n) is 5.83. The molecule has 2 heterocycles. The minimum Gasteiger partial charge on any atom is -0.339 e. The van der Waals surface area contributed by atoms with Gasteiger partial charge in [0.2, 0.25) is 5.89 Å². The molecular formula is C11H19N3O. The molecule has 1 unspecified atom stereocenters. The number of nitrogens with zero attached hydrogens (tertiary/aromatic N) is 3. The Bertz CT molecular complexity index is 311. The summed E-state index contributed by atoms with van der Waals surface area (Å²) in [5.74, 6) is 1.53. The van der Waals surface area contributed by atoms with Crippen LogP contribution in [0.25, 0.3) is 0 Å². The molecule has 15 heavy (non-hydrogen) atoms. The maximum atomic E-state index is 5.17. The van der Waals surface area contributed by atoms with Crippen molar-refractivity contribution < 1.29 is 4.52 Å². The highest BCUT2D eigenvalue weighted by Gasteiger charge is 2.23. The Morgan fingerprint density at radius 3 is 3.00 bits per heavy atom. The highest BCUT2D eigenvalue weighted by molar-refractivity contribution is 4.89. The van der Waals surface area contributed by atoms with Gasteiger partial charge >= 0.3 is 0 Å². The van der Waals surface area contributed by atoms with E-state index in [0.717, 1.165) is 24.7 Å². The molecule has 4 heteroatoms. The molecule has 0 aromatic carbocycles. The van der Waals surface area contributed by atoms with Gasteiger partial charge < -0.3 is 9.42 Å². The summed E-state index contributed by atoms with van der Waals surface area (Å²) >= 11 is 0. The normalized spacial score (nSPS) is 23.2. The van der Waals surface area contributed by atoms with E-state index in [1.807, 2.05) is 6.92 Å². The molecule has 2 rings (SSSR count). The van der Waals surface area contributed by atoms with Gasteiger partial charge in [-0.15, -0.1) is 0 Å². The fourth-order valence-electron chi connectivity index (χ4n) is 2.33. The third kappa shape index (κ3) is 2.56. The van der Waals surface area contributed by atoms with E-state index < -0.39 is 0 Å². The van der Waals surface area contributed by atoms with Gasteiger partial charge in [-0.3, -0.25) is 0 Å². The molecule has 1 aromatic rings. The van der Waals surface area contributed by atoms with Gasteiger partial charge in [0.1, 0.15) is 0 Å². The Morgan fingerprint density at radius 1 is 1.47 bits per heavy atom. The zero-order chi connectivity index (χ0) is 10.7. The van der Waals surface area contributed by atoms with Crippen LogP contribution in [0.5, 0.6) is 0 Å². The quantitative estimate of drug-likeness (QED) is 0.761. The van der Waals surface area contributed by atoms with Crippen molar-refractivity contribution >= 4 is 0 Å². The van der Waals surface area contributed by atoms with E-state index in [4.69, 9.17) is 4.52 Å². The molecule has 0 N–H and O–H groups in total. The summed E-state index contributed by atoms with van der Waals surface area (Å²) in [7, 11) is 0. The molecule has 1 aromatic heterocycles. The van der Waals surface area contributed by atoms with Crippen LogP contribution in [0.1, 0.15) is 37.9 Å². The van der Waals surface area contributed by atoms with E-state index in [1.54, 1.807) is 0 Å². The van der Waals surface area contributed by atoms with Gasteiger partial charge in [-0.2, -0.15) is 4.98 Å². The Morgan fingerprint density at radius 2 is 2.33 bits per heavy atom. The van der Waals surface area contributed by atoms with Crippen molar-refractivity contribution in [3.05, 3.63) is 11.7 Å². The van der Waals surface area contributed by atoms with Crippen molar-refractivity contribution in [3.8, 4) is 0 Å². The summed E-state index contributed by atoms with van der Waals surface area (Å²) in [5.41, 5.74) is 0. The van der Waals surface area contributed by atoms with Gasteiger partial charge in [0.05, 0.1) is 0 Å². The number of hydrogen-bond donors (Lipinski definition) is 0. The van der Waals surface area contributed by atoms with Crippen LogP contribution in [0, 0.1) is 6.92 Å². The molecule has 0 amide bonds. The van der Waals surface area contributed by atoms with Gasteiger partial charge in [0.15, 0.2) is 5.82 Å². The van der Waals surface area contributed by atoms with Crippen LogP contribution in [0.4, 0.5) is 0 Å². The first-order chi connectivity index (χ1) is 7.29. The van der Waals surface area contributed by atoms with E-state index in [-0.39, 0.29) is 0 Å². The predicted octanol–water partition coefficient (Wildman–Crippen LogP) is 1.79. The Kier molecular flexibility index (Phi) is 3.36. The molecule has 0 radical (unpaired) electrons. The van der Waals surface area contributed by atoms with Gasteiger partial charge in [0.25, 0.3) is 0 Å². The third-order valence-electron chi connectivity index (χ3n) is 3.14. The second-order valence-electron chi connectivity index (χ2n) is 4.22. The Labute approximate surface area is 90.7 Å². The van der Waals surface area contributed by atoms with Crippen LogP contribution in [-0.2, 0) is 6.42 Å². The SMILES string of the molecule is CCN1CCCCC1Cc1nc(C)no1. The molecule has 1 saturated heterocycles. The van der Waals surface area contributed by atoms with Gasteiger partial charge in [-0.1, -0.05) is 18.5 Å². The van der Waals surface area contributed by atoms with Crippen LogP contribution in [0.15, 0.2) is 4.52 Å². The van der Waals surface area contributed by atoms with Gasteiger partial charge in [0, 0.05) is 12.5 Å². The monoisotopic (exact) mass is 209 g/mol. The lowest BCUT2D eigenvalue weighted by atomic mass is 9.99. The number of likely N-dealkylation sites (tertiary alicyclic amines) is 1. The van der Waals surface area contributed by atoms with Crippen molar-refractivity contribution in [2.75, 3.05) is 13.1 Å². The molecule has 0 bridgehead atoms. The highest BCUT2D eigenvalue weighted by Crippen LogP contribution is 2.19. The van der Waals surface area contributed by atoms with Crippen LogP contribution >= 0.6 is 0 Å². The average Bonchev–Trinajstić information content (AvgIpc) is 2.65. The molecule has 1 aliphatic heterocycles. The lowest BCUT2D eigenvalue weighted by Crippen LogP contribution is -2.40. The first-order valence-corrected chi connectivity index (χ1v) is 5.83. The van der Waals surface area contributed by atoms with Crippen molar-refractivity contribution in [2.45, 2.75) is 45.6 Å². The lowest BCUT2D eigenvalue weighted by molar-refractivity contribution is 0.146. The van der Waals surface area contributed by atoms with Gasteiger partial charge in [-0.05, 0) is 32.9 Å². The average molecular weight is 209 g/mol. The molecule has 1 atom stereocenters. The second-order valence-corrected chi connectivity index (χ2v) is 4.22. The van der Waals surface area contributed by atoms with Crippen molar-refractivity contribution in [2.24, 2.45) is 0 Å². The van der Waals surface area contributed by atoms with Crippen LogP contribution in [0.3, 0.4) is 0 Å². The summed E-state index contributed by atoms with van der Waals surface area (Å²) in [6, 6.07) is 0.601.